The molecule has 0 atom stereocenters. The van der Waals surface area contributed by atoms with Crippen LogP contribution in [0.25, 0.3) is 0 Å². The van der Waals surface area contributed by atoms with E-state index in [2.05, 4.69) is 0 Å². The first-order valence-corrected chi connectivity index (χ1v) is 8.75. The van der Waals surface area contributed by atoms with Crippen molar-refractivity contribution in [2.45, 2.75) is 58.2 Å². The highest BCUT2D eigenvalue weighted by Gasteiger charge is 2.39. The second-order valence-electron chi connectivity index (χ2n) is 7.52. The predicted molar refractivity (Wildman–Crippen MR) is 97.0 cm³/mol. The predicted octanol–water partition coefficient (Wildman–Crippen LogP) is 1.92. The average Bonchev–Trinajstić information content (AvgIpc) is 2.55. The van der Waals surface area contributed by atoms with Gasteiger partial charge in [0.1, 0.15) is 5.75 Å². The molecule has 1 aliphatic heterocycles. The van der Waals surface area contributed by atoms with Gasteiger partial charge in [0.05, 0.1) is 11.2 Å². The van der Waals surface area contributed by atoms with Gasteiger partial charge in [-0.3, -0.25) is 0 Å². The Morgan fingerprint density at radius 1 is 1.08 bits per heavy atom. The van der Waals surface area contributed by atoms with Crippen molar-refractivity contribution in [1.82, 2.24) is 4.90 Å². The molecule has 0 unspecified atom stereocenters. The first-order valence-electron chi connectivity index (χ1n) is 8.75. The number of rotatable bonds is 5. The van der Waals surface area contributed by atoms with Crippen LogP contribution < -0.4 is 10.2 Å². The van der Waals surface area contributed by atoms with Crippen molar-refractivity contribution < 1.29 is 24.3 Å². The van der Waals surface area contributed by atoms with E-state index < -0.39 is 18.3 Å². The minimum absolute atomic E-state index is 0.340. The number of carbonyl (C=O) groups excluding carboxylic acids is 1. The highest BCUT2D eigenvalue weighted by Crippen LogP contribution is 2.25. The Labute approximate surface area is 149 Å². The molecule has 0 saturated carbocycles. The number of nitrogens with zero attached hydrogens (tertiary/aromatic N) is 1. The third kappa shape index (κ3) is 5.20. The summed E-state index contributed by atoms with van der Waals surface area (Å²) in [5.74, 6) is 0.424. The molecule has 0 radical (unpaired) electrons. The molecule has 7 heteroatoms. The first-order chi connectivity index (χ1) is 11.6. The normalized spacial score (nSPS) is 15.8. The molecule has 0 spiro atoms. The Bertz CT molecular complexity index is 576. The van der Waals surface area contributed by atoms with E-state index in [1.54, 1.807) is 56.9 Å². The largest absolute Gasteiger partial charge is 0.491 e. The second kappa shape index (κ2) is 7.76. The number of piperidine rings is 1. The smallest absolute Gasteiger partial charge is 0.423 e. The van der Waals surface area contributed by atoms with E-state index in [-0.39, 0.29) is 6.09 Å². The molecule has 25 heavy (non-hydrogen) atoms. The monoisotopic (exact) mass is 349 g/mol. The molecule has 2 N–H and O–H groups in total. The lowest BCUT2D eigenvalue weighted by atomic mass is 9.76. The molecule has 6 nitrogen and oxygen atoms in total. The van der Waals surface area contributed by atoms with Crippen LogP contribution >= 0.6 is 0 Å². The van der Waals surface area contributed by atoms with Crippen LogP contribution in [0.1, 0.15) is 47.0 Å². The summed E-state index contributed by atoms with van der Waals surface area (Å²) in [5.41, 5.74) is -1.53. The molecule has 1 heterocycles. The van der Waals surface area contributed by atoms with E-state index in [1.807, 2.05) is 0 Å². The minimum atomic E-state index is -1.19. The van der Waals surface area contributed by atoms with Crippen molar-refractivity contribution >= 4 is 18.7 Å². The Kier molecular flexibility index (Phi) is 6.14. The number of hydrogen-bond acceptors (Lipinski definition) is 5. The minimum Gasteiger partial charge on any atom is -0.423 e. The number of hydrogen-bond donors (Lipinski definition) is 2. The van der Waals surface area contributed by atoms with Gasteiger partial charge in [0.25, 0.3) is 0 Å². The standard InChI is InChI=1S/C18H28BNO5/c1-17(2,22)18(3,4)25-19(23)14-8-10-15(11-9-14)24-16(21)20-12-6-5-7-13-20/h8-11,22-23H,5-7,12-13H2,1-4H3. The Hall–Kier alpha value is -1.57. The van der Waals surface area contributed by atoms with Crippen molar-refractivity contribution in [3.63, 3.8) is 0 Å². The zero-order valence-corrected chi connectivity index (χ0v) is 15.5. The summed E-state index contributed by atoms with van der Waals surface area (Å²) in [6, 6.07) is 6.54. The molecule has 138 valence electrons. The summed E-state index contributed by atoms with van der Waals surface area (Å²) < 4.78 is 11.0. The van der Waals surface area contributed by atoms with Gasteiger partial charge in [0.2, 0.25) is 0 Å². The number of benzene rings is 1. The third-order valence-corrected chi connectivity index (χ3v) is 4.86. The molecule has 0 aromatic heterocycles. The lowest BCUT2D eigenvalue weighted by molar-refractivity contribution is -0.0982. The fraction of sp³-hybridized carbons (Fsp3) is 0.611. The van der Waals surface area contributed by atoms with Crippen molar-refractivity contribution in [3.8, 4) is 5.75 Å². The van der Waals surface area contributed by atoms with Gasteiger partial charge in [-0.05, 0) is 64.6 Å². The van der Waals surface area contributed by atoms with Crippen LogP contribution in [0, 0.1) is 0 Å². The maximum Gasteiger partial charge on any atom is 0.491 e. The molecule has 0 aliphatic carbocycles. The van der Waals surface area contributed by atoms with Gasteiger partial charge in [0, 0.05) is 13.1 Å². The quantitative estimate of drug-likeness (QED) is 0.794. The van der Waals surface area contributed by atoms with E-state index in [1.165, 1.54) is 0 Å². The van der Waals surface area contributed by atoms with Crippen LogP contribution in [0.2, 0.25) is 0 Å². The van der Waals surface area contributed by atoms with Gasteiger partial charge < -0.3 is 24.4 Å². The van der Waals surface area contributed by atoms with E-state index in [4.69, 9.17) is 9.39 Å². The summed E-state index contributed by atoms with van der Waals surface area (Å²) in [5, 5.41) is 20.4. The molecule has 2 rings (SSSR count). The molecular formula is C18H28BNO5. The van der Waals surface area contributed by atoms with Crippen molar-refractivity contribution in [3.05, 3.63) is 24.3 Å². The van der Waals surface area contributed by atoms with Crippen LogP contribution in [0.3, 0.4) is 0 Å². The molecular weight excluding hydrogens is 321 g/mol. The number of likely N-dealkylation sites (tertiary alicyclic amines) is 1. The fourth-order valence-electron chi connectivity index (χ4n) is 2.43. The zero-order valence-electron chi connectivity index (χ0n) is 15.5. The molecule has 0 bridgehead atoms. The van der Waals surface area contributed by atoms with Crippen LogP contribution in [0.15, 0.2) is 24.3 Å². The van der Waals surface area contributed by atoms with Crippen LogP contribution in [0.5, 0.6) is 5.75 Å². The highest BCUT2D eigenvalue weighted by atomic mass is 16.6. The Balaban J connectivity index is 1.96. The summed E-state index contributed by atoms with van der Waals surface area (Å²) in [4.78, 5) is 13.8. The van der Waals surface area contributed by atoms with Gasteiger partial charge in [0.15, 0.2) is 0 Å². The van der Waals surface area contributed by atoms with Crippen molar-refractivity contribution in [1.29, 1.82) is 0 Å². The van der Waals surface area contributed by atoms with Gasteiger partial charge >= 0.3 is 13.2 Å². The zero-order chi connectivity index (χ0) is 18.7. The molecule has 1 fully saturated rings. The summed E-state index contributed by atoms with van der Waals surface area (Å²) in [6.45, 7) is 8.15. The van der Waals surface area contributed by atoms with Crippen LogP contribution in [-0.2, 0) is 4.65 Å². The van der Waals surface area contributed by atoms with Gasteiger partial charge in [-0.2, -0.15) is 0 Å². The Morgan fingerprint density at radius 2 is 1.64 bits per heavy atom. The SMILES string of the molecule is CC(C)(O)C(C)(C)OB(O)c1ccc(OC(=O)N2CCCCC2)cc1. The Morgan fingerprint density at radius 3 is 2.16 bits per heavy atom. The first kappa shape index (κ1) is 19.8. The van der Waals surface area contributed by atoms with Gasteiger partial charge in [-0.25, -0.2) is 4.79 Å². The van der Waals surface area contributed by atoms with E-state index in [0.29, 0.717) is 11.2 Å². The number of aliphatic hydroxyl groups is 1. The molecule has 1 amide bonds. The molecule has 1 aromatic carbocycles. The second-order valence-corrected chi connectivity index (χ2v) is 7.52. The topological polar surface area (TPSA) is 79.2 Å². The van der Waals surface area contributed by atoms with Crippen molar-refractivity contribution in [2.75, 3.05) is 13.1 Å². The number of ether oxygens (including phenoxy) is 1. The average molecular weight is 349 g/mol. The molecule has 1 saturated heterocycles. The fourth-order valence-corrected chi connectivity index (χ4v) is 2.43. The number of amides is 1. The van der Waals surface area contributed by atoms with Crippen LogP contribution in [-0.4, -0.2) is 52.5 Å². The lowest BCUT2D eigenvalue weighted by Gasteiger charge is -2.38. The van der Waals surface area contributed by atoms with E-state index in [0.717, 1.165) is 32.4 Å². The van der Waals surface area contributed by atoms with Gasteiger partial charge in [-0.15, -0.1) is 0 Å². The maximum absolute atomic E-state index is 12.1. The molecule has 1 aromatic rings. The summed E-state index contributed by atoms with van der Waals surface area (Å²) >= 11 is 0. The van der Waals surface area contributed by atoms with Crippen LogP contribution in [0.4, 0.5) is 4.79 Å². The maximum atomic E-state index is 12.1. The van der Waals surface area contributed by atoms with Crippen molar-refractivity contribution in [2.24, 2.45) is 0 Å². The number of carbonyl (C=O) groups is 1. The molecule has 1 aliphatic rings. The summed E-state index contributed by atoms with van der Waals surface area (Å²) in [6.07, 6.45) is 2.83. The van der Waals surface area contributed by atoms with E-state index >= 15 is 0 Å². The third-order valence-electron chi connectivity index (χ3n) is 4.86. The van der Waals surface area contributed by atoms with Gasteiger partial charge in [-0.1, -0.05) is 12.1 Å². The van der Waals surface area contributed by atoms with E-state index in [9.17, 15) is 14.9 Å². The lowest BCUT2D eigenvalue weighted by Crippen LogP contribution is -2.53. The summed E-state index contributed by atoms with van der Waals surface area (Å²) in [7, 11) is -1.19. The highest BCUT2D eigenvalue weighted by molar-refractivity contribution is 6.60.